The number of aliphatic imine (C=N–C) groups is 1. The molecule has 0 bridgehead atoms. The van der Waals surface area contributed by atoms with E-state index in [9.17, 15) is 4.79 Å². The van der Waals surface area contributed by atoms with Crippen LogP contribution in [-0.2, 0) is 24.2 Å². The van der Waals surface area contributed by atoms with Gasteiger partial charge in [-0.15, -0.1) is 35.3 Å². The van der Waals surface area contributed by atoms with E-state index in [0.717, 1.165) is 45.0 Å². The number of halogens is 1. The number of carbonyl (C=O) groups is 1. The van der Waals surface area contributed by atoms with E-state index < -0.39 is 0 Å². The molecule has 3 N–H and O–H groups in total. The lowest BCUT2D eigenvalue weighted by Gasteiger charge is -2.26. The second-order valence-corrected chi connectivity index (χ2v) is 8.48. The van der Waals surface area contributed by atoms with Crippen LogP contribution in [0.15, 0.2) is 46.9 Å². The highest BCUT2D eigenvalue weighted by molar-refractivity contribution is 14.0. The predicted octanol–water partition coefficient (Wildman–Crippen LogP) is 3.92. The highest BCUT2D eigenvalue weighted by Gasteiger charge is 2.20. The number of aromatic nitrogens is 1. The van der Waals surface area contributed by atoms with E-state index in [-0.39, 0.29) is 29.9 Å². The number of guanidine groups is 1. The van der Waals surface area contributed by atoms with Crippen LogP contribution in [0.2, 0.25) is 0 Å². The monoisotopic (exact) mass is 551 g/mol. The molecule has 0 unspecified atom stereocenters. The van der Waals surface area contributed by atoms with Crippen molar-refractivity contribution in [2.75, 3.05) is 26.2 Å². The van der Waals surface area contributed by atoms with Gasteiger partial charge in [-0.3, -0.25) is 9.79 Å². The van der Waals surface area contributed by atoms with Crippen molar-refractivity contribution >= 4 is 58.1 Å². The first-order valence-corrected chi connectivity index (χ1v) is 11.5. The summed E-state index contributed by atoms with van der Waals surface area (Å²) in [5.74, 6) is 0.953. The van der Waals surface area contributed by atoms with Gasteiger partial charge >= 0.3 is 0 Å². The molecule has 3 heterocycles. The lowest BCUT2D eigenvalue weighted by Crippen LogP contribution is -2.39. The minimum atomic E-state index is 0. The van der Waals surface area contributed by atoms with Crippen LogP contribution in [0.1, 0.15) is 29.3 Å². The van der Waals surface area contributed by atoms with Crippen molar-refractivity contribution in [2.45, 2.75) is 32.7 Å². The second kappa shape index (κ2) is 11.5. The molecule has 0 atom stereocenters. The van der Waals surface area contributed by atoms with Crippen LogP contribution in [0, 0.1) is 0 Å². The summed E-state index contributed by atoms with van der Waals surface area (Å²) in [6.07, 6.45) is 4.40. The van der Waals surface area contributed by atoms with Crippen molar-refractivity contribution in [1.29, 1.82) is 0 Å². The van der Waals surface area contributed by atoms with Crippen LogP contribution in [0.4, 0.5) is 0 Å². The fraction of sp³-hybridized carbons (Fsp3) is 0.391. The Morgan fingerprint density at radius 1 is 1.26 bits per heavy atom. The molecule has 166 valence electrons. The molecule has 4 rings (SSSR count). The molecule has 1 aliphatic rings. The number of nitrogens with one attached hydrogen (secondary N) is 3. The van der Waals surface area contributed by atoms with Gasteiger partial charge in [-0.25, -0.2) is 0 Å². The topological polar surface area (TPSA) is 72.5 Å². The number of benzene rings is 1. The number of carbonyl (C=O) groups excluding carboxylic acids is 1. The van der Waals surface area contributed by atoms with Crippen molar-refractivity contribution < 1.29 is 4.79 Å². The summed E-state index contributed by atoms with van der Waals surface area (Å²) in [6, 6.07) is 10.5. The first kappa shape index (κ1) is 23.6. The van der Waals surface area contributed by atoms with E-state index >= 15 is 0 Å². The molecule has 0 spiro atoms. The SMILES string of the molecule is CCNC(=NCCC(=O)N1CCc2sccc2C1)NCCc1c[nH]c2ccccc12.I. The maximum Gasteiger partial charge on any atom is 0.224 e. The molecular formula is C23H30IN5OS. The zero-order chi connectivity index (χ0) is 20.8. The van der Waals surface area contributed by atoms with E-state index in [1.807, 2.05) is 17.9 Å². The Bertz CT molecular complexity index is 1030. The molecule has 31 heavy (non-hydrogen) atoms. The fourth-order valence-electron chi connectivity index (χ4n) is 3.88. The van der Waals surface area contributed by atoms with Crippen molar-refractivity contribution in [3.63, 3.8) is 0 Å². The standard InChI is InChI=1S/C23H29N5OS.HI/c1-2-24-23(25-11-7-17-15-27-20-6-4-3-5-19(17)20)26-12-8-22(29)28-13-9-21-18(16-28)10-14-30-21;/h3-6,10,14-15,27H,2,7-9,11-13,16H2,1H3,(H2,24,25,26);1H. The molecule has 2 aromatic heterocycles. The average Bonchev–Trinajstić information content (AvgIpc) is 3.40. The summed E-state index contributed by atoms with van der Waals surface area (Å²) in [7, 11) is 0. The van der Waals surface area contributed by atoms with Gasteiger partial charge < -0.3 is 20.5 Å². The Hall–Kier alpha value is -2.07. The zero-order valence-corrected chi connectivity index (χ0v) is 21.0. The third-order valence-electron chi connectivity index (χ3n) is 5.46. The minimum Gasteiger partial charge on any atom is -0.361 e. The third kappa shape index (κ3) is 6.00. The van der Waals surface area contributed by atoms with Crippen molar-refractivity contribution in [2.24, 2.45) is 4.99 Å². The summed E-state index contributed by atoms with van der Waals surface area (Å²) in [4.78, 5) is 23.9. The number of amides is 1. The largest absolute Gasteiger partial charge is 0.361 e. The molecule has 3 aromatic rings. The lowest BCUT2D eigenvalue weighted by atomic mass is 10.1. The number of fused-ring (bicyclic) bond motifs is 2. The molecule has 1 aromatic carbocycles. The van der Waals surface area contributed by atoms with Crippen LogP contribution in [0.3, 0.4) is 0 Å². The van der Waals surface area contributed by atoms with Crippen molar-refractivity contribution in [3.8, 4) is 0 Å². The van der Waals surface area contributed by atoms with Gasteiger partial charge in [0.05, 0.1) is 6.54 Å². The van der Waals surface area contributed by atoms with Gasteiger partial charge in [-0.1, -0.05) is 18.2 Å². The first-order valence-electron chi connectivity index (χ1n) is 10.6. The normalized spacial score (nSPS) is 13.6. The number of H-pyrrole nitrogens is 1. The molecule has 1 amide bonds. The number of aromatic amines is 1. The smallest absolute Gasteiger partial charge is 0.224 e. The summed E-state index contributed by atoms with van der Waals surface area (Å²) in [5, 5.41) is 10.0. The second-order valence-electron chi connectivity index (χ2n) is 7.48. The maximum absolute atomic E-state index is 12.6. The summed E-state index contributed by atoms with van der Waals surface area (Å²) >= 11 is 1.80. The molecule has 0 saturated heterocycles. The summed E-state index contributed by atoms with van der Waals surface area (Å²) in [6.45, 7) is 5.68. The molecule has 6 nitrogen and oxygen atoms in total. The van der Waals surface area contributed by atoms with Gasteiger partial charge in [-0.05, 0) is 48.4 Å². The number of para-hydroxylation sites is 1. The highest BCUT2D eigenvalue weighted by Crippen LogP contribution is 2.24. The zero-order valence-electron chi connectivity index (χ0n) is 17.8. The van der Waals surface area contributed by atoms with Gasteiger partial charge in [0.15, 0.2) is 5.96 Å². The Morgan fingerprint density at radius 3 is 3.00 bits per heavy atom. The van der Waals surface area contributed by atoms with E-state index in [4.69, 9.17) is 0 Å². The fourth-order valence-corrected chi connectivity index (χ4v) is 4.77. The Morgan fingerprint density at radius 2 is 2.13 bits per heavy atom. The number of hydrogen-bond acceptors (Lipinski definition) is 3. The highest BCUT2D eigenvalue weighted by atomic mass is 127. The Balaban J connectivity index is 0.00000272. The van der Waals surface area contributed by atoms with E-state index in [0.29, 0.717) is 13.0 Å². The predicted molar refractivity (Wildman–Crippen MR) is 139 cm³/mol. The van der Waals surface area contributed by atoms with Crippen LogP contribution < -0.4 is 10.6 Å². The van der Waals surface area contributed by atoms with Gasteiger partial charge in [0, 0.05) is 54.6 Å². The number of nitrogens with zero attached hydrogens (tertiary/aromatic N) is 2. The van der Waals surface area contributed by atoms with Gasteiger partial charge in [0.2, 0.25) is 5.91 Å². The number of thiophene rings is 1. The quantitative estimate of drug-likeness (QED) is 0.237. The van der Waals surface area contributed by atoms with Crippen LogP contribution in [0.5, 0.6) is 0 Å². The van der Waals surface area contributed by atoms with Crippen LogP contribution in [-0.4, -0.2) is 47.9 Å². The number of hydrogen-bond donors (Lipinski definition) is 3. The average molecular weight is 551 g/mol. The Labute approximate surface area is 204 Å². The molecule has 8 heteroatoms. The van der Waals surface area contributed by atoms with Crippen molar-refractivity contribution in [3.05, 3.63) is 57.9 Å². The molecule has 0 aliphatic carbocycles. The molecule has 0 fully saturated rings. The summed E-state index contributed by atoms with van der Waals surface area (Å²) < 4.78 is 0. The third-order valence-corrected chi connectivity index (χ3v) is 6.48. The van der Waals surface area contributed by atoms with Gasteiger partial charge in [-0.2, -0.15) is 0 Å². The molecule has 1 aliphatic heterocycles. The van der Waals surface area contributed by atoms with E-state index in [1.165, 1.54) is 26.9 Å². The summed E-state index contributed by atoms with van der Waals surface area (Å²) in [5.41, 5.74) is 3.76. The Kier molecular flexibility index (Phi) is 8.77. The molecule has 0 saturated carbocycles. The molecular weight excluding hydrogens is 521 g/mol. The van der Waals surface area contributed by atoms with Crippen LogP contribution >= 0.6 is 35.3 Å². The van der Waals surface area contributed by atoms with Crippen LogP contribution in [0.25, 0.3) is 10.9 Å². The lowest BCUT2D eigenvalue weighted by molar-refractivity contribution is -0.131. The maximum atomic E-state index is 12.6. The minimum absolute atomic E-state index is 0. The van der Waals surface area contributed by atoms with Crippen molar-refractivity contribution in [1.82, 2.24) is 20.5 Å². The molecule has 0 radical (unpaired) electrons. The van der Waals surface area contributed by atoms with Gasteiger partial charge in [0.1, 0.15) is 0 Å². The van der Waals surface area contributed by atoms with Gasteiger partial charge in [0.25, 0.3) is 0 Å². The van der Waals surface area contributed by atoms with E-state index in [1.54, 1.807) is 11.3 Å². The first-order chi connectivity index (χ1) is 14.7. The number of rotatable bonds is 7. The van der Waals surface area contributed by atoms with E-state index in [2.05, 4.69) is 56.5 Å².